The number of amides is 1. The molecule has 32 heavy (non-hydrogen) atoms. The van der Waals surface area contributed by atoms with Crippen molar-refractivity contribution in [1.29, 1.82) is 0 Å². The molecule has 0 aliphatic carbocycles. The van der Waals surface area contributed by atoms with Gasteiger partial charge in [0.05, 0.1) is 11.8 Å². The normalized spacial score (nSPS) is 18.9. The molecule has 4 rings (SSSR count). The maximum absolute atomic E-state index is 12.7. The van der Waals surface area contributed by atoms with E-state index in [0.717, 1.165) is 30.5 Å². The molecule has 2 aromatic carbocycles. The van der Waals surface area contributed by atoms with E-state index in [4.69, 9.17) is 0 Å². The van der Waals surface area contributed by atoms with E-state index in [9.17, 15) is 9.90 Å². The molecule has 166 valence electrons. The molecule has 6 heteroatoms. The average Bonchev–Trinajstić information content (AvgIpc) is 3.31. The predicted molar refractivity (Wildman–Crippen MR) is 124 cm³/mol. The van der Waals surface area contributed by atoms with Crippen molar-refractivity contribution in [2.24, 2.45) is 0 Å². The van der Waals surface area contributed by atoms with E-state index in [2.05, 4.69) is 15.3 Å². The van der Waals surface area contributed by atoms with Crippen molar-refractivity contribution in [3.05, 3.63) is 95.6 Å². The van der Waals surface area contributed by atoms with Crippen LogP contribution in [0.3, 0.4) is 0 Å². The third-order valence-corrected chi connectivity index (χ3v) is 6.15. The largest absolute Gasteiger partial charge is 0.387 e. The summed E-state index contributed by atoms with van der Waals surface area (Å²) in [5.41, 5.74) is 3.71. The topological polar surface area (TPSA) is 78.4 Å². The van der Waals surface area contributed by atoms with Crippen molar-refractivity contribution in [2.45, 2.75) is 43.9 Å². The van der Waals surface area contributed by atoms with Crippen LogP contribution >= 0.6 is 0 Å². The summed E-state index contributed by atoms with van der Waals surface area (Å²) in [4.78, 5) is 22.8. The fourth-order valence-electron chi connectivity index (χ4n) is 4.27. The van der Waals surface area contributed by atoms with Gasteiger partial charge in [-0.05, 0) is 42.5 Å². The number of benzene rings is 2. The van der Waals surface area contributed by atoms with E-state index >= 15 is 0 Å². The second-order valence-electron chi connectivity index (χ2n) is 8.48. The lowest BCUT2D eigenvalue weighted by Gasteiger charge is -2.20. The Morgan fingerprint density at radius 2 is 1.91 bits per heavy atom. The summed E-state index contributed by atoms with van der Waals surface area (Å²) in [6, 6.07) is 18.1. The Labute approximate surface area is 189 Å². The maximum atomic E-state index is 12.7. The Hall–Kier alpha value is -3.09. The summed E-state index contributed by atoms with van der Waals surface area (Å²) in [5, 5.41) is 14.2. The standard InChI is InChI=1S/C26H30N4O2/c1-30(16-13-23-18-27-14-15-28-23)26(32)21-9-7-19(8-10-21)17-22-11-12-24(29-22)25(31)20-5-3-2-4-6-20/h2-10,14-15,18,22,24-25,29,31H,11-13,16-17H2,1H3/t22-,24+,25?/m0/s1. The molecule has 1 amide bonds. The van der Waals surface area contributed by atoms with Gasteiger partial charge < -0.3 is 15.3 Å². The van der Waals surface area contributed by atoms with E-state index in [1.807, 2.05) is 61.6 Å². The fourth-order valence-corrected chi connectivity index (χ4v) is 4.27. The lowest BCUT2D eigenvalue weighted by Crippen LogP contribution is -2.35. The average molecular weight is 431 g/mol. The highest BCUT2D eigenvalue weighted by Gasteiger charge is 2.29. The number of carbonyl (C=O) groups is 1. The molecule has 1 aromatic heterocycles. The molecule has 3 aromatic rings. The summed E-state index contributed by atoms with van der Waals surface area (Å²) >= 11 is 0. The van der Waals surface area contributed by atoms with Crippen LogP contribution in [0, 0.1) is 0 Å². The van der Waals surface area contributed by atoms with Crippen molar-refractivity contribution in [3.63, 3.8) is 0 Å². The minimum Gasteiger partial charge on any atom is -0.387 e. The van der Waals surface area contributed by atoms with Crippen LogP contribution < -0.4 is 5.32 Å². The number of hydrogen-bond donors (Lipinski definition) is 2. The number of nitrogens with zero attached hydrogens (tertiary/aromatic N) is 3. The minimum absolute atomic E-state index is 0.00507. The molecular formula is C26H30N4O2. The summed E-state index contributed by atoms with van der Waals surface area (Å²) in [6.45, 7) is 0.594. The lowest BCUT2D eigenvalue weighted by molar-refractivity contribution is 0.0796. The number of nitrogens with one attached hydrogen (secondary N) is 1. The van der Waals surface area contributed by atoms with Gasteiger partial charge >= 0.3 is 0 Å². The summed E-state index contributed by atoms with van der Waals surface area (Å²) < 4.78 is 0. The monoisotopic (exact) mass is 430 g/mol. The van der Waals surface area contributed by atoms with Crippen molar-refractivity contribution in [3.8, 4) is 0 Å². The van der Waals surface area contributed by atoms with E-state index in [0.29, 0.717) is 24.6 Å². The summed E-state index contributed by atoms with van der Waals surface area (Å²) in [5.74, 6) is 0.00507. The smallest absolute Gasteiger partial charge is 0.253 e. The fraction of sp³-hybridized carbons (Fsp3) is 0.346. The molecule has 1 unspecified atom stereocenters. The van der Waals surface area contributed by atoms with Crippen LogP contribution in [0.4, 0.5) is 0 Å². The number of aromatic nitrogens is 2. The first-order valence-corrected chi connectivity index (χ1v) is 11.2. The molecule has 1 aliphatic rings. The molecule has 2 N–H and O–H groups in total. The number of hydrogen-bond acceptors (Lipinski definition) is 5. The Morgan fingerprint density at radius 1 is 1.12 bits per heavy atom. The maximum Gasteiger partial charge on any atom is 0.253 e. The molecule has 3 atom stereocenters. The number of aliphatic hydroxyl groups is 1. The second-order valence-corrected chi connectivity index (χ2v) is 8.48. The predicted octanol–water partition coefficient (Wildman–Crippen LogP) is 3.19. The first-order chi connectivity index (χ1) is 15.6. The SMILES string of the molecule is CN(CCc1cnccn1)C(=O)c1ccc(C[C@@H]2CC[C@H](C(O)c3ccccc3)N2)cc1. The van der Waals surface area contributed by atoms with Crippen LogP contribution in [0.25, 0.3) is 0 Å². The zero-order valence-electron chi connectivity index (χ0n) is 18.4. The van der Waals surface area contributed by atoms with Gasteiger partial charge in [-0.2, -0.15) is 0 Å². The van der Waals surface area contributed by atoms with Crippen LogP contribution in [0.5, 0.6) is 0 Å². The number of likely N-dealkylation sites (N-methyl/N-ethyl adjacent to an activating group) is 1. The quantitative estimate of drug-likeness (QED) is 0.574. The van der Waals surface area contributed by atoms with E-state index in [1.54, 1.807) is 23.5 Å². The molecule has 2 heterocycles. The molecule has 0 bridgehead atoms. The molecule has 1 saturated heterocycles. The van der Waals surface area contributed by atoms with Crippen molar-refractivity contribution in [1.82, 2.24) is 20.2 Å². The van der Waals surface area contributed by atoms with Crippen LogP contribution in [0.1, 0.15) is 46.1 Å². The van der Waals surface area contributed by atoms with Gasteiger partial charge in [0.25, 0.3) is 5.91 Å². The van der Waals surface area contributed by atoms with Crippen LogP contribution in [-0.2, 0) is 12.8 Å². The Morgan fingerprint density at radius 3 is 2.62 bits per heavy atom. The first kappa shape index (κ1) is 22.1. The Bertz CT molecular complexity index is 995. The van der Waals surface area contributed by atoms with Crippen molar-refractivity contribution < 1.29 is 9.90 Å². The molecular weight excluding hydrogens is 400 g/mol. The summed E-state index contributed by atoms with van der Waals surface area (Å²) in [6.07, 6.45) is 8.10. The van der Waals surface area contributed by atoms with E-state index in [-0.39, 0.29) is 11.9 Å². The molecule has 0 saturated carbocycles. The Kier molecular flexibility index (Phi) is 7.24. The number of carbonyl (C=O) groups excluding carboxylic acids is 1. The van der Waals surface area contributed by atoms with Gasteiger partial charge in [0.2, 0.25) is 0 Å². The van der Waals surface area contributed by atoms with Crippen LogP contribution in [0.2, 0.25) is 0 Å². The molecule has 6 nitrogen and oxygen atoms in total. The van der Waals surface area contributed by atoms with E-state index < -0.39 is 6.10 Å². The van der Waals surface area contributed by atoms with Gasteiger partial charge in [0.15, 0.2) is 0 Å². The number of rotatable bonds is 8. The van der Waals surface area contributed by atoms with Gasteiger partial charge in [-0.3, -0.25) is 14.8 Å². The highest BCUT2D eigenvalue weighted by molar-refractivity contribution is 5.94. The van der Waals surface area contributed by atoms with E-state index in [1.165, 1.54) is 5.56 Å². The van der Waals surface area contributed by atoms with Crippen molar-refractivity contribution >= 4 is 5.91 Å². The molecule has 1 aliphatic heterocycles. The van der Waals surface area contributed by atoms with Crippen LogP contribution in [-0.4, -0.2) is 51.6 Å². The molecule has 0 radical (unpaired) electrons. The molecule has 1 fully saturated rings. The minimum atomic E-state index is -0.487. The third-order valence-electron chi connectivity index (χ3n) is 6.15. The van der Waals surface area contributed by atoms with Gasteiger partial charge in [-0.15, -0.1) is 0 Å². The van der Waals surface area contributed by atoms with Gasteiger partial charge in [0.1, 0.15) is 0 Å². The zero-order chi connectivity index (χ0) is 22.3. The first-order valence-electron chi connectivity index (χ1n) is 11.2. The number of aliphatic hydroxyl groups excluding tert-OH is 1. The van der Waals surface area contributed by atoms with Crippen molar-refractivity contribution in [2.75, 3.05) is 13.6 Å². The summed E-state index contributed by atoms with van der Waals surface area (Å²) in [7, 11) is 1.81. The Balaban J connectivity index is 1.28. The zero-order valence-corrected chi connectivity index (χ0v) is 18.4. The van der Waals surface area contributed by atoms with Gasteiger partial charge in [-0.1, -0.05) is 42.5 Å². The third kappa shape index (κ3) is 5.58. The highest BCUT2D eigenvalue weighted by Crippen LogP contribution is 2.26. The lowest BCUT2D eigenvalue weighted by atomic mass is 10.0. The van der Waals surface area contributed by atoms with Gasteiger partial charge in [0, 0.05) is 56.3 Å². The van der Waals surface area contributed by atoms with Gasteiger partial charge in [-0.25, -0.2) is 0 Å². The highest BCUT2D eigenvalue weighted by atomic mass is 16.3. The second kappa shape index (κ2) is 10.5. The molecule has 0 spiro atoms. The van der Waals surface area contributed by atoms with Crippen LogP contribution in [0.15, 0.2) is 73.2 Å².